The Morgan fingerprint density at radius 2 is 2.12 bits per heavy atom. The predicted octanol–water partition coefficient (Wildman–Crippen LogP) is 3.75. The molecule has 0 saturated heterocycles. The first kappa shape index (κ1) is 13.2. The summed E-state index contributed by atoms with van der Waals surface area (Å²) in [5.74, 6) is -0.456. The summed E-state index contributed by atoms with van der Waals surface area (Å²) in [6.07, 6.45) is 0.0432. The lowest BCUT2D eigenvalue weighted by Crippen LogP contribution is -2.08. The topological polar surface area (TPSA) is 26.3 Å². The maximum absolute atomic E-state index is 12.1. The lowest BCUT2D eigenvalue weighted by Gasteiger charge is -2.09. The Hall–Kier alpha value is -0.870. The third-order valence-electron chi connectivity index (χ3n) is 1.78. The number of alkyl halides is 3. The van der Waals surface area contributed by atoms with Gasteiger partial charge in [0, 0.05) is 17.3 Å². The van der Waals surface area contributed by atoms with Crippen LogP contribution in [0.1, 0.15) is 16.8 Å². The van der Waals surface area contributed by atoms with Gasteiger partial charge in [-0.1, -0.05) is 11.6 Å². The van der Waals surface area contributed by atoms with E-state index in [0.717, 1.165) is 0 Å². The molecule has 2 nitrogen and oxygen atoms in total. The number of ketones is 1. The van der Waals surface area contributed by atoms with Gasteiger partial charge in [-0.25, -0.2) is 0 Å². The number of hydrogen-bond donors (Lipinski definition) is 0. The van der Waals surface area contributed by atoms with Gasteiger partial charge in [0.05, 0.1) is 5.56 Å². The molecular weight excluding hydrogens is 261 g/mol. The van der Waals surface area contributed by atoms with Gasteiger partial charge in [-0.3, -0.25) is 4.79 Å². The van der Waals surface area contributed by atoms with E-state index in [4.69, 9.17) is 23.2 Å². The molecule has 0 unspecified atom stereocenters. The Bertz CT molecular complexity index is 383. The molecule has 0 aliphatic rings. The molecule has 0 radical (unpaired) electrons. The van der Waals surface area contributed by atoms with E-state index in [9.17, 15) is 13.6 Å². The zero-order valence-corrected chi connectivity index (χ0v) is 9.56. The molecule has 0 N–H and O–H groups in total. The normalized spacial score (nSPS) is 10.6. The highest BCUT2D eigenvalue weighted by molar-refractivity contribution is 6.31. The Morgan fingerprint density at radius 1 is 1.44 bits per heavy atom. The Labute approximate surface area is 101 Å². The molecule has 0 aromatic heterocycles. The van der Waals surface area contributed by atoms with E-state index in [-0.39, 0.29) is 34.4 Å². The van der Waals surface area contributed by atoms with Crippen LogP contribution in [0.25, 0.3) is 0 Å². The molecule has 0 fully saturated rings. The van der Waals surface area contributed by atoms with Crippen molar-refractivity contribution < 1.29 is 18.3 Å². The zero-order valence-electron chi connectivity index (χ0n) is 8.05. The van der Waals surface area contributed by atoms with Crippen LogP contribution in [0.3, 0.4) is 0 Å². The van der Waals surface area contributed by atoms with E-state index in [0.29, 0.717) is 0 Å². The summed E-state index contributed by atoms with van der Waals surface area (Å²) in [5.41, 5.74) is 0.0217. The first-order valence-corrected chi connectivity index (χ1v) is 5.29. The molecule has 0 amide bonds. The van der Waals surface area contributed by atoms with E-state index in [1.54, 1.807) is 0 Å². The fraction of sp³-hybridized carbons (Fsp3) is 0.300. The van der Waals surface area contributed by atoms with Crippen molar-refractivity contribution in [2.24, 2.45) is 0 Å². The molecule has 6 heteroatoms. The van der Waals surface area contributed by atoms with Crippen LogP contribution in [0, 0.1) is 0 Å². The predicted molar refractivity (Wildman–Crippen MR) is 57.8 cm³/mol. The van der Waals surface area contributed by atoms with Crippen LogP contribution < -0.4 is 4.74 Å². The lowest BCUT2D eigenvalue weighted by molar-refractivity contribution is -0.0501. The second-order valence-electron chi connectivity index (χ2n) is 2.88. The van der Waals surface area contributed by atoms with Crippen molar-refractivity contribution in [2.45, 2.75) is 13.0 Å². The second kappa shape index (κ2) is 6.01. The average Bonchev–Trinajstić information content (AvgIpc) is 2.20. The third-order valence-corrected chi connectivity index (χ3v) is 2.20. The van der Waals surface area contributed by atoms with Crippen molar-refractivity contribution >= 4 is 29.0 Å². The van der Waals surface area contributed by atoms with Crippen molar-refractivity contribution in [3.63, 3.8) is 0 Å². The number of carbonyl (C=O) groups excluding carboxylic acids is 1. The first-order valence-electron chi connectivity index (χ1n) is 4.38. The van der Waals surface area contributed by atoms with Gasteiger partial charge in [-0.2, -0.15) is 8.78 Å². The molecule has 0 heterocycles. The van der Waals surface area contributed by atoms with Gasteiger partial charge in [-0.15, -0.1) is 11.6 Å². The van der Waals surface area contributed by atoms with Crippen molar-refractivity contribution in [3.05, 3.63) is 28.8 Å². The van der Waals surface area contributed by atoms with Gasteiger partial charge in [0.15, 0.2) is 5.78 Å². The van der Waals surface area contributed by atoms with Crippen LogP contribution in [-0.4, -0.2) is 18.3 Å². The Kier molecular flexibility index (Phi) is 4.96. The molecule has 16 heavy (non-hydrogen) atoms. The van der Waals surface area contributed by atoms with Crippen LogP contribution in [0.5, 0.6) is 5.75 Å². The van der Waals surface area contributed by atoms with E-state index in [2.05, 4.69) is 4.74 Å². The van der Waals surface area contributed by atoms with Crippen LogP contribution in [0.2, 0.25) is 5.02 Å². The van der Waals surface area contributed by atoms with Crippen molar-refractivity contribution in [3.8, 4) is 5.75 Å². The number of hydrogen-bond acceptors (Lipinski definition) is 2. The maximum Gasteiger partial charge on any atom is 0.387 e. The molecule has 1 aromatic carbocycles. The largest absolute Gasteiger partial charge is 0.434 e. The van der Waals surface area contributed by atoms with E-state index >= 15 is 0 Å². The summed E-state index contributed by atoms with van der Waals surface area (Å²) < 4.78 is 28.3. The SMILES string of the molecule is O=C(CCCl)c1cc(Cl)ccc1OC(F)F. The standard InChI is InChI=1S/C10H8Cl2F2O2/c11-4-3-8(15)7-5-6(12)1-2-9(7)16-10(13)14/h1-2,5,10H,3-4H2. The smallest absolute Gasteiger partial charge is 0.387 e. The number of ether oxygens (including phenoxy) is 1. The summed E-state index contributed by atoms with van der Waals surface area (Å²) >= 11 is 11.1. The second-order valence-corrected chi connectivity index (χ2v) is 3.70. The summed E-state index contributed by atoms with van der Waals surface area (Å²) in [4.78, 5) is 11.5. The Morgan fingerprint density at radius 3 is 2.69 bits per heavy atom. The fourth-order valence-corrected chi connectivity index (χ4v) is 1.48. The van der Waals surface area contributed by atoms with Crippen molar-refractivity contribution in [1.29, 1.82) is 0 Å². The highest BCUT2D eigenvalue weighted by Crippen LogP contribution is 2.25. The zero-order chi connectivity index (χ0) is 12.1. The summed E-state index contributed by atoms with van der Waals surface area (Å²) in [5, 5.41) is 0.277. The molecule has 0 bridgehead atoms. The minimum Gasteiger partial charge on any atom is -0.434 e. The van der Waals surface area contributed by atoms with E-state index in [1.807, 2.05) is 0 Å². The number of rotatable bonds is 5. The van der Waals surface area contributed by atoms with Crippen LogP contribution in [-0.2, 0) is 0 Å². The van der Waals surface area contributed by atoms with Gasteiger partial charge >= 0.3 is 6.61 Å². The molecule has 0 saturated carbocycles. The molecule has 0 atom stereocenters. The summed E-state index contributed by atoms with van der Waals surface area (Å²) in [7, 11) is 0. The third kappa shape index (κ3) is 3.61. The van der Waals surface area contributed by atoms with E-state index < -0.39 is 6.61 Å². The van der Waals surface area contributed by atoms with Gasteiger partial charge in [-0.05, 0) is 18.2 Å². The minimum absolute atomic E-state index is 0.0217. The quantitative estimate of drug-likeness (QED) is 0.601. The highest BCUT2D eigenvalue weighted by Gasteiger charge is 2.15. The molecule has 0 aliphatic heterocycles. The molecule has 1 rings (SSSR count). The molecule has 0 aliphatic carbocycles. The maximum atomic E-state index is 12.1. The molecule has 1 aromatic rings. The first-order chi connectivity index (χ1) is 7.54. The summed E-state index contributed by atoms with van der Waals surface area (Å²) in [6.45, 7) is -2.98. The Balaban J connectivity index is 3.02. The molecule has 88 valence electrons. The number of Topliss-reactive ketones (excluding diaryl/α,β-unsaturated/α-hetero) is 1. The average molecular weight is 269 g/mol. The molecular formula is C10H8Cl2F2O2. The van der Waals surface area contributed by atoms with Gasteiger partial charge in [0.25, 0.3) is 0 Å². The number of benzene rings is 1. The van der Waals surface area contributed by atoms with Gasteiger partial charge in [0.2, 0.25) is 0 Å². The fourth-order valence-electron chi connectivity index (χ4n) is 1.14. The van der Waals surface area contributed by atoms with Gasteiger partial charge < -0.3 is 4.74 Å². The van der Waals surface area contributed by atoms with Crippen LogP contribution in [0.4, 0.5) is 8.78 Å². The van der Waals surface area contributed by atoms with Crippen molar-refractivity contribution in [2.75, 3.05) is 5.88 Å². The van der Waals surface area contributed by atoms with Crippen LogP contribution in [0.15, 0.2) is 18.2 Å². The van der Waals surface area contributed by atoms with E-state index in [1.165, 1.54) is 18.2 Å². The lowest BCUT2D eigenvalue weighted by atomic mass is 10.1. The highest BCUT2D eigenvalue weighted by atomic mass is 35.5. The summed E-state index contributed by atoms with van der Waals surface area (Å²) in [6, 6.07) is 3.89. The number of halogens is 4. The van der Waals surface area contributed by atoms with Gasteiger partial charge in [0.1, 0.15) is 5.75 Å². The number of carbonyl (C=O) groups is 1. The monoisotopic (exact) mass is 268 g/mol. The van der Waals surface area contributed by atoms with Crippen molar-refractivity contribution in [1.82, 2.24) is 0 Å². The van der Waals surface area contributed by atoms with Crippen LogP contribution >= 0.6 is 23.2 Å². The minimum atomic E-state index is -2.98. The molecule has 0 spiro atoms.